The van der Waals surface area contributed by atoms with Gasteiger partial charge in [0.2, 0.25) is 0 Å². The number of hydrogen-bond acceptors (Lipinski definition) is 16. The molecule has 0 spiro atoms. The van der Waals surface area contributed by atoms with Gasteiger partial charge in [0.1, 0.15) is 30.5 Å². The van der Waals surface area contributed by atoms with E-state index in [9.17, 15) is 48.9 Å². The zero-order valence-electron chi connectivity index (χ0n) is 22.5. The number of nitrogens with zero attached hydrogens (tertiary/aromatic N) is 4. The van der Waals surface area contributed by atoms with Gasteiger partial charge >= 0.3 is 7.82 Å². The predicted octanol–water partition coefficient (Wildman–Crippen LogP) is -2.83. The second-order valence-electron chi connectivity index (χ2n) is 9.83. The molecule has 0 amide bonds. The van der Waals surface area contributed by atoms with Crippen molar-refractivity contribution in [3.8, 4) is 0 Å². The SMILES string of the molecule is CC(=O)c1ccc[n+]([C@H]2OC(COP(=O)([O-])OP(=O)(O)OC[C@H]3OC(n4cnc5c(=O)[nH]cnc54)[C@H](O)C3O)[C@@H](O)[C@H]2O)c1. The van der Waals surface area contributed by atoms with E-state index >= 15 is 0 Å². The fourth-order valence-corrected chi connectivity index (χ4v) is 6.68. The van der Waals surface area contributed by atoms with Crippen LogP contribution in [0.25, 0.3) is 11.2 Å². The molecule has 0 radical (unpaired) electrons. The van der Waals surface area contributed by atoms with Crippen molar-refractivity contribution in [2.24, 2.45) is 0 Å². The third kappa shape index (κ3) is 6.73. The molecular weight excluding hydrogens is 636 g/mol. The Kier molecular flexibility index (Phi) is 9.28. The quantitative estimate of drug-likeness (QED) is 0.0684. The van der Waals surface area contributed by atoms with E-state index < -0.39 is 83.5 Å². The van der Waals surface area contributed by atoms with E-state index in [-0.39, 0.29) is 22.5 Å². The van der Waals surface area contributed by atoms with Crippen molar-refractivity contribution < 1.29 is 71.5 Å². The number of Topliss-reactive ketones (excluding diaryl/α,β-unsaturated/α-hetero) is 1. The van der Waals surface area contributed by atoms with E-state index in [4.69, 9.17) is 9.47 Å². The van der Waals surface area contributed by atoms with Crippen LogP contribution in [-0.2, 0) is 32.0 Å². The fourth-order valence-electron chi connectivity index (χ4n) is 4.62. The maximum Gasteiger partial charge on any atom is 0.478 e. The van der Waals surface area contributed by atoms with Crippen molar-refractivity contribution in [2.75, 3.05) is 13.2 Å². The molecule has 5 rings (SSSR count). The first-order chi connectivity index (χ1) is 20.7. The number of imidazole rings is 1. The molecular formula is C22H27N5O15P2. The lowest BCUT2D eigenvalue weighted by atomic mass is 10.1. The van der Waals surface area contributed by atoms with Gasteiger partial charge in [0.15, 0.2) is 41.7 Å². The van der Waals surface area contributed by atoms with E-state index in [2.05, 4.69) is 28.3 Å². The minimum absolute atomic E-state index is 0.00514. The molecule has 3 aromatic heterocycles. The van der Waals surface area contributed by atoms with Gasteiger partial charge in [0, 0.05) is 6.07 Å². The highest BCUT2D eigenvalue weighted by atomic mass is 31.3. The van der Waals surface area contributed by atoms with Gasteiger partial charge < -0.3 is 49.2 Å². The number of aromatic nitrogens is 5. The van der Waals surface area contributed by atoms with Crippen molar-refractivity contribution in [3.05, 3.63) is 53.1 Å². The Balaban J connectivity index is 1.16. The Labute approximate surface area is 246 Å². The van der Waals surface area contributed by atoms with Gasteiger partial charge in [-0.05, 0) is 13.0 Å². The Bertz CT molecular complexity index is 1680. The van der Waals surface area contributed by atoms with Crippen molar-refractivity contribution >= 4 is 32.6 Å². The molecule has 0 aliphatic carbocycles. The lowest BCUT2D eigenvalue weighted by molar-refractivity contribution is -0.765. The van der Waals surface area contributed by atoms with Gasteiger partial charge in [0.25, 0.3) is 19.6 Å². The zero-order chi connectivity index (χ0) is 32.0. The highest BCUT2D eigenvalue weighted by Gasteiger charge is 2.49. The molecule has 2 fully saturated rings. The molecule has 44 heavy (non-hydrogen) atoms. The normalized spacial score (nSPS) is 31.6. The Hall–Kier alpha value is -2.81. The number of ketones is 1. The van der Waals surface area contributed by atoms with Gasteiger partial charge in [-0.1, -0.05) is 0 Å². The number of rotatable bonds is 11. The summed E-state index contributed by atoms with van der Waals surface area (Å²) >= 11 is 0. The van der Waals surface area contributed by atoms with Crippen LogP contribution in [0.5, 0.6) is 0 Å². The average molecular weight is 663 g/mol. The number of hydrogen-bond donors (Lipinski definition) is 6. The minimum Gasteiger partial charge on any atom is -0.756 e. The molecule has 20 nitrogen and oxygen atoms in total. The maximum atomic E-state index is 12.4. The first-order valence-electron chi connectivity index (χ1n) is 12.8. The number of pyridine rings is 1. The van der Waals surface area contributed by atoms with Crippen molar-refractivity contribution in [3.63, 3.8) is 0 Å². The lowest BCUT2D eigenvalue weighted by Crippen LogP contribution is -2.46. The van der Waals surface area contributed by atoms with E-state index in [1.807, 2.05) is 0 Å². The highest BCUT2D eigenvalue weighted by molar-refractivity contribution is 7.60. The van der Waals surface area contributed by atoms with E-state index in [0.717, 1.165) is 17.2 Å². The van der Waals surface area contributed by atoms with Crippen molar-refractivity contribution in [2.45, 2.75) is 56.0 Å². The lowest BCUT2D eigenvalue weighted by Gasteiger charge is -2.26. The standard InChI is InChI=1S/C22H27N5O15P2/c1-10(28)11-3-2-4-26(5-11)21-17(31)15(29)12(40-21)6-38-43(34,35)42-44(36,37)39-7-13-16(30)18(32)22(41-13)27-9-25-14-19(27)23-8-24-20(14)33/h2-5,8-9,12-13,15-18,21-22,29-32H,6-7H2,1H3,(H2-,23,24,33,34,35,36,37)/t12?,13-,15-,16?,17-,18-,21+,22?/m1/s1. The number of aromatic amines is 1. The minimum atomic E-state index is -5.62. The number of nitrogens with one attached hydrogen (secondary N) is 1. The third-order valence-electron chi connectivity index (χ3n) is 6.84. The summed E-state index contributed by atoms with van der Waals surface area (Å²) in [6.45, 7) is -0.574. The summed E-state index contributed by atoms with van der Waals surface area (Å²) in [4.78, 5) is 55.9. The number of fused-ring (bicyclic) bond motifs is 1. The molecule has 5 heterocycles. The van der Waals surface area contributed by atoms with Crippen LogP contribution in [-0.4, -0.2) is 100 Å². The first kappa shape index (κ1) is 32.6. The summed E-state index contributed by atoms with van der Waals surface area (Å²) in [5.41, 5.74) is -0.380. The molecule has 3 aromatic rings. The zero-order valence-corrected chi connectivity index (χ0v) is 24.3. The Morgan fingerprint density at radius 2 is 1.77 bits per heavy atom. The summed E-state index contributed by atoms with van der Waals surface area (Å²) in [6, 6.07) is 3.01. The van der Waals surface area contributed by atoms with Crippen LogP contribution in [0.1, 0.15) is 29.7 Å². The van der Waals surface area contributed by atoms with Gasteiger partial charge in [0.05, 0.1) is 31.4 Å². The molecule has 0 aromatic carbocycles. The third-order valence-corrected chi connectivity index (χ3v) is 9.40. The Morgan fingerprint density at radius 3 is 2.50 bits per heavy atom. The summed E-state index contributed by atoms with van der Waals surface area (Å²) in [5.74, 6) is -0.278. The van der Waals surface area contributed by atoms with Gasteiger partial charge in [-0.15, -0.1) is 0 Å². The number of carbonyl (C=O) groups excluding carboxylic acids is 1. The van der Waals surface area contributed by atoms with Gasteiger partial charge in [-0.2, -0.15) is 4.57 Å². The molecule has 0 bridgehead atoms. The molecule has 2 saturated heterocycles. The summed E-state index contributed by atoms with van der Waals surface area (Å²) in [7, 11) is -11.1. The van der Waals surface area contributed by atoms with Crippen LogP contribution in [0, 0.1) is 0 Å². The van der Waals surface area contributed by atoms with Crippen LogP contribution in [0.15, 0.2) is 42.0 Å². The van der Waals surface area contributed by atoms with Crippen LogP contribution < -0.4 is 15.0 Å². The smallest absolute Gasteiger partial charge is 0.478 e. The van der Waals surface area contributed by atoms with E-state index in [1.54, 1.807) is 0 Å². The molecule has 5 unspecified atom stereocenters. The molecule has 22 heteroatoms. The molecule has 2 aliphatic heterocycles. The Morgan fingerprint density at radius 1 is 1.09 bits per heavy atom. The molecule has 6 N–H and O–H groups in total. The molecule has 240 valence electrons. The first-order valence-corrected chi connectivity index (χ1v) is 15.7. The van der Waals surface area contributed by atoms with Crippen molar-refractivity contribution in [1.29, 1.82) is 0 Å². The number of H-pyrrole nitrogens is 1. The van der Waals surface area contributed by atoms with Crippen LogP contribution >= 0.6 is 15.6 Å². The second-order valence-corrected chi connectivity index (χ2v) is 12.8. The number of phosphoric ester groups is 2. The topological polar surface area (TPSA) is 289 Å². The maximum absolute atomic E-state index is 12.4. The largest absolute Gasteiger partial charge is 0.756 e. The van der Waals surface area contributed by atoms with E-state index in [0.29, 0.717) is 0 Å². The van der Waals surface area contributed by atoms with E-state index in [1.165, 1.54) is 36.0 Å². The number of carbonyl (C=O) groups is 1. The number of aliphatic hydroxyl groups excluding tert-OH is 4. The number of phosphoric acid groups is 2. The van der Waals surface area contributed by atoms with Gasteiger partial charge in [-0.3, -0.25) is 23.2 Å². The second kappa shape index (κ2) is 12.5. The predicted molar refractivity (Wildman–Crippen MR) is 137 cm³/mol. The monoisotopic (exact) mass is 663 g/mol. The fraction of sp³-hybridized carbons (Fsp3) is 0.500. The highest BCUT2D eigenvalue weighted by Crippen LogP contribution is 2.58. The summed E-state index contributed by atoms with van der Waals surface area (Å²) < 4.78 is 51.5. The molecule has 0 saturated carbocycles. The summed E-state index contributed by atoms with van der Waals surface area (Å²) in [6.07, 6.45) is -7.09. The average Bonchev–Trinajstić information content (AvgIpc) is 3.61. The number of ether oxygens (including phenoxy) is 2. The van der Waals surface area contributed by atoms with Crippen LogP contribution in [0.2, 0.25) is 0 Å². The van der Waals surface area contributed by atoms with Crippen molar-refractivity contribution in [1.82, 2.24) is 19.5 Å². The number of aliphatic hydroxyl groups is 4. The van der Waals surface area contributed by atoms with Crippen LogP contribution in [0.4, 0.5) is 0 Å². The molecule has 2 aliphatic rings. The molecule has 10 atom stereocenters. The van der Waals surface area contributed by atoms with Gasteiger partial charge in [-0.25, -0.2) is 18.8 Å². The summed E-state index contributed by atoms with van der Waals surface area (Å²) in [5, 5.41) is 41.5. The van der Waals surface area contributed by atoms with Crippen LogP contribution in [0.3, 0.4) is 0 Å².